The largest absolute Gasteiger partial charge is 0.394 e. The van der Waals surface area contributed by atoms with E-state index >= 15 is 0 Å². The van der Waals surface area contributed by atoms with E-state index in [1.54, 1.807) is 0 Å². The van der Waals surface area contributed by atoms with Crippen LogP contribution in [0.3, 0.4) is 0 Å². The molecule has 9 N–H and O–H groups in total. The number of nitrogens with one attached hydrogen (secondary N) is 1. The van der Waals surface area contributed by atoms with Crippen molar-refractivity contribution < 1.29 is 59.5 Å². The first-order valence-corrected chi connectivity index (χ1v) is 12.4. The summed E-state index contributed by atoms with van der Waals surface area (Å²) in [6.07, 6.45) is -14.9. The third kappa shape index (κ3) is 8.65. The Bertz CT molecular complexity index is 790. The van der Waals surface area contributed by atoms with Crippen LogP contribution < -0.4 is 5.32 Å². The number of aliphatic hydroxyl groups is 8. The van der Waals surface area contributed by atoms with Crippen LogP contribution in [0.4, 0.5) is 4.39 Å². The summed E-state index contributed by atoms with van der Waals surface area (Å²) in [4.78, 5) is 12.1. The number of benzene rings is 1. The SMILES string of the molecule is O=C(CSCCNCC(O)C(O)C(OC1OC(CO)C(O)C(O)C1O)C(O)CO)c1ccc([18F])cc1. The van der Waals surface area contributed by atoms with Gasteiger partial charge in [-0.2, -0.15) is 11.8 Å². The molecule has 1 aliphatic rings. The van der Waals surface area contributed by atoms with Crippen molar-refractivity contribution in [3.63, 3.8) is 0 Å². The van der Waals surface area contributed by atoms with Crippen molar-refractivity contribution in [1.82, 2.24) is 5.32 Å². The van der Waals surface area contributed by atoms with Gasteiger partial charge in [-0.1, -0.05) is 0 Å². The maximum atomic E-state index is 12.9. The van der Waals surface area contributed by atoms with Crippen LogP contribution in [0.25, 0.3) is 0 Å². The minimum atomic E-state index is -1.81. The molecule has 0 radical (unpaired) electrons. The Balaban J connectivity index is 1.80. The number of carbonyl (C=O) groups excluding carboxylic acids is 1. The molecule has 0 amide bonds. The first-order chi connectivity index (χ1) is 17.1. The fourth-order valence-corrected chi connectivity index (χ4v) is 4.24. The molecular formula is C22H34FNO11S. The van der Waals surface area contributed by atoms with Gasteiger partial charge in [-0.05, 0) is 24.3 Å². The molecule has 0 aromatic heterocycles. The van der Waals surface area contributed by atoms with E-state index < -0.39 is 74.2 Å². The zero-order chi connectivity index (χ0) is 26.8. The number of ether oxygens (including phenoxy) is 2. The molecule has 1 heterocycles. The third-order valence-corrected chi connectivity index (χ3v) is 6.57. The molecular weight excluding hydrogens is 504 g/mol. The predicted molar refractivity (Wildman–Crippen MR) is 125 cm³/mol. The van der Waals surface area contributed by atoms with E-state index in [0.29, 0.717) is 17.9 Å². The van der Waals surface area contributed by atoms with Gasteiger partial charge in [0, 0.05) is 24.4 Å². The van der Waals surface area contributed by atoms with Gasteiger partial charge in [-0.25, -0.2) is 4.39 Å². The highest BCUT2D eigenvalue weighted by atomic mass is 32.2. The van der Waals surface area contributed by atoms with Crippen molar-refractivity contribution in [2.45, 2.75) is 55.1 Å². The molecule has 1 aromatic carbocycles. The first-order valence-electron chi connectivity index (χ1n) is 11.3. The summed E-state index contributed by atoms with van der Waals surface area (Å²) in [7, 11) is 0. The smallest absolute Gasteiger partial charge is 0.187 e. The number of hydrogen-bond acceptors (Lipinski definition) is 13. The predicted octanol–water partition coefficient (Wildman–Crippen LogP) is -3.41. The molecule has 14 heteroatoms. The van der Waals surface area contributed by atoms with E-state index in [1.165, 1.54) is 36.0 Å². The maximum Gasteiger partial charge on any atom is 0.187 e. The fraction of sp³-hybridized carbons (Fsp3) is 0.682. The Morgan fingerprint density at radius 2 is 1.72 bits per heavy atom. The number of Topliss-reactive ketones (excluding diaryl/α,β-unsaturated/α-hetero) is 1. The van der Waals surface area contributed by atoms with E-state index in [0.717, 1.165) is 0 Å². The van der Waals surface area contributed by atoms with Crippen molar-refractivity contribution in [3.8, 4) is 0 Å². The number of hydrogen-bond donors (Lipinski definition) is 9. The molecule has 0 spiro atoms. The summed E-state index contributed by atoms with van der Waals surface area (Å²) >= 11 is 1.30. The Kier molecular flexibility index (Phi) is 13.1. The lowest BCUT2D eigenvalue weighted by Crippen LogP contribution is -2.61. The van der Waals surface area contributed by atoms with Crippen LogP contribution in [0.1, 0.15) is 10.4 Å². The summed E-state index contributed by atoms with van der Waals surface area (Å²) in [5.74, 6) is 0.0360. The average molecular weight is 539 g/mol. The second-order valence-corrected chi connectivity index (χ2v) is 9.40. The average Bonchev–Trinajstić information content (AvgIpc) is 2.88. The Labute approximate surface area is 211 Å². The Morgan fingerprint density at radius 1 is 1.06 bits per heavy atom. The molecule has 12 nitrogen and oxygen atoms in total. The van der Waals surface area contributed by atoms with Gasteiger partial charge in [0.25, 0.3) is 0 Å². The fourth-order valence-electron chi connectivity index (χ4n) is 3.46. The van der Waals surface area contributed by atoms with E-state index in [-0.39, 0.29) is 18.1 Å². The van der Waals surface area contributed by atoms with Crippen molar-refractivity contribution in [1.29, 1.82) is 0 Å². The van der Waals surface area contributed by atoms with Crippen molar-refractivity contribution in [3.05, 3.63) is 35.6 Å². The number of rotatable bonds is 15. The number of ketones is 1. The highest BCUT2D eigenvalue weighted by Gasteiger charge is 2.46. The number of aliphatic hydroxyl groups excluding tert-OH is 8. The Hall–Kier alpha value is -1.27. The Morgan fingerprint density at radius 3 is 2.33 bits per heavy atom. The molecule has 1 fully saturated rings. The maximum absolute atomic E-state index is 12.9. The quantitative estimate of drug-likeness (QED) is 0.0788. The van der Waals surface area contributed by atoms with E-state index in [9.17, 15) is 50.0 Å². The number of thioether (sulfide) groups is 1. The molecule has 0 saturated carbocycles. The van der Waals surface area contributed by atoms with Crippen molar-refractivity contribution in [2.24, 2.45) is 0 Å². The van der Waals surface area contributed by atoms with Crippen LogP contribution in [0.2, 0.25) is 0 Å². The van der Waals surface area contributed by atoms with Crippen LogP contribution in [0.5, 0.6) is 0 Å². The lowest BCUT2D eigenvalue weighted by atomic mass is 9.98. The molecule has 9 unspecified atom stereocenters. The van der Waals surface area contributed by atoms with Crippen molar-refractivity contribution in [2.75, 3.05) is 37.8 Å². The molecule has 0 aliphatic carbocycles. The molecule has 2 rings (SSSR count). The molecule has 1 aromatic rings. The van der Waals surface area contributed by atoms with Gasteiger partial charge in [0.05, 0.1) is 25.1 Å². The van der Waals surface area contributed by atoms with Gasteiger partial charge in [-0.3, -0.25) is 4.79 Å². The standard InChI is InChI=1S/C22H34FNO11S/c23-12-3-1-11(2-4-12)15(29)10-36-6-5-24-7-13(27)17(30)21(14(28)8-25)35-22-20(33)19(32)18(31)16(9-26)34-22/h1-4,13-14,16-22,24-28,30-33H,5-10H2/i23-1. The second kappa shape index (κ2) is 15.2. The normalized spacial score (nSPS) is 27.9. The molecule has 0 bridgehead atoms. The minimum absolute atomic E-state index is 0.163. The monoisotopic (exact) mass is 538 g/mol. The molecule has 206 valence electrons. The van der Waals surface area contributed by atoms with E-state index in [1.807, 2.05) is 0 Å². The van der Waals surface area contributed by atoms with Crippen LogP contribution in [-0.4, -0.2) is 140 Å². The molecule has 1 aliphatic heterocycles. The topological polar surface area (TPSA) is 209 Å². The zero-order valence-corrected chi connectivity index (χ0v) is 20.2. The minimum Gasteiger partial charge on any atom is -0.394 e. The third-order valence-electron chi connectivity index (χ3n) is 5.61. The lowest BCUT2D eigenvalue weighted by Gasteiger charge is -2.42. The van der Waals surface area contributed by atoms with E-state index in [4.69, 9.17) is 9.47 Å². The van der Waals surface area contributed by atoms with Gasteiger partial charge in [0.2, 0.25) is 0 Å². The van der Waals surface area contributed by atoms with Crippen molar-refractivity contribution >= 4 is 17.5 Å². The van der Waals surface area contributed by atoms with Crippen LogP contribution in [0, 0.1) is 5.82 Å². The van der Waals surface area contributed by atoms with Gasteiger partial charge in [0.1, 0.15) is 48.5 Å². The zero-order valence-electron chi connectivity index (χ0n) is 19.3. The lowest BCUT2D eigenvalue weighted by molar-refractivity contribution is -0.327. The number of carbonyl (C=O) groups is 1. The molecule has 1 saturated heterocycles. The van der Waals surface area contributed by atoms with Gasteiger partial charge < -0.3 is 55.6 Å². The summed E-state index contributed by atoms with van der Waals surface area (Å²) in [5.41, 5.74) is 0.392. The summed E-state index contributed by atoms with van der Waals surface area (Å²) in [5, 5.41) is 82.2. The highest BCUT2D eigenvalue weighted by molar-refractivity contribution is 8.00. The summed E-state index contributed by atoms with van der Waals surface area (Å²) in [6.45, 7) is -1.43. The van der Waals surface area contributed by atoms with Crippen LogP contribution >= 0.6 is 11.8 Å². The van der Waals surface area contributed by atoms with Gasteiger partial charge in [0.15, 0.2) is 12.1 Å². The second-order valence-electron chi connectivity index (χ2n) is 8.29. The van der Waals surface area contributed by atoms with Gasteiger partial charge in [-0.15, -0.1) is 0 Å². The van der Waals surface area contributed by atoms with Gasteiger partial charge >= 0.3 is 0 Å². The highest BCUT2D eigenvalue weighted by Crippen LogP contribution is 2.25. The van der Waals surface area contributed by atoms with E-state index in [2.05, 4.69) is 5.32 Å². The molecule has 36 heavy (non-hydrogen) atoms. The van der Waals surface area contributed by atoms with Crippen LogP contribution in [-0.2, 0) is 9.47 Å². The summed E-state index contributed by atoms with van der Waals surface area (Å²) in [6, 6.07) is 5.21. The molecule has 9 atom stereocenters. The van der Waals surface area contributed by atoms with Crippen LogP contribution in [0.15, 0.2) is 24.3 Å². The first kappa shape index (κ1) is 31.0. The number of halogens is 1. The summed E-state index contributed by atoms with van der Waals surface area (Å²) < 4.78 is 23.5.